The molecule has 340 valence electrons. The van der Waals surface area contributed by atoms with Crippen molar-refractivity contribution < 1.29 is 42.1 Å². The molecule has 0 aromatic rings. The van der Waals surface area contributed by atoms with Crippen LogP contribution in [-0.4, -0.2) is 74.9 Å². The number of phosphoric acid groups is 1. The normalized spacial score (nSPS) is 13.8. The van der Waals surface area contributed by atoms with Gasteiger partial charge in [0, 0.05) is 12.8 Å². The Morgan fingerprint density at radius 1 is 0.534 bits per heavy atom. The van der Waals surface area contributed by atoms with Gasteiger partial charge in [-0.25, -0.2) is 4.57 Å². The molecular formula is C48H91NO8P+. The van der Waals surface area contributed by atoms with Gasteiger partial charge in [0.1, 0.15) is 19.8 Å². The molecule has 0 spiro atoms. The van der Waals surface area contributed by atoms with Crippen molar-refractivity contribution in [3.8, 4) is 0 Å². The highest BCUT2D eigenvalue weighted by atomic mass is 31.2. The molecule has 2 atom stereocenters. The van der Waals surface area contributed by atoms with Gasteiger partial charge in [-0.3, -0.25) is 18.6 Å². The number of nitrogens with zero attached hydrogens (tertiary/aromatic N) is 1. The maximum atomic E-state index is 12.7. The number of hydrogen-bond acceptors (Lipinski definition) is 7. The quantitative estimate of drug-likeness (QED) is 0.0213. The zero-order valence-corrected chi connectivity index (χ0v) is 39.2. The van der Waals surface area contributed by atoms with E-state index in [2.05, 4.69) is 50.3 Å². The number of unbranched alkanes of at least 4 members (excludes halogenated alkanes) is 23. The Bertz CT molecular complexity index is 1090. The molecule has 0 aromatic heterocycles. The van der Waals surface area contributed by atoms with Crippen LogP contribution >= 0.6 is 7.82 Å². The summed E-state index contributed by atoms with van der Waals surface area (Å²) < 4.78 is 34.4. The molecule has 0 aliphatic carbocycles. The number of hydrogen-bond donors (Lipinski definition) is 1. The van der Waals surface area contributed by atoms with Crippen molar-refractivity contribution >= 4 is 19.8 Å². The second kappa shape index (κ2) is 40.6. The van der Waals surface area contributed by atoms with Crippen molar-refractivity contribution in [1.82, 2.24) is 0 Å². The fourth-order valence-electron chi connectivity index (χ4n) is 6.39. The first-order valence-electron chi connectivity index (χ1n) is 23.7. The Morgan fingerprint density at radius 2 is 0.931 bits per heavy atom. The number of allylic oxidation sites excluding steroid dienone is 6. The molecule has 9 nitrogen and oxygen atoms in total. The highest BCUT2D eigenvalue weighted by Crippen LogP contribution is 2.43. The zero-order valence-electron chi connectivity index (χ0n) is 38.3. The van der Waals surface area contributed by atoms with E-state index in [9.17, 15) is 19.0 Å². The minimum absolute atomic E-state index is 0.0302. The number of carbonyl (C=O) groups excluding carboxylic acids is 2. The van der Waals surface area contributed by atoms with E-state index in [1.807, 2.05) is 21.1 Å². The number of esters is 2. The molecule has 0 radical (unpaired) electrons. The molecule has 0 rings (SSSR count). The lowest BCUT2D eigenvalue weighted by Gasteiger charge is -2.24. The third-order valence-corrected chi connectivity index (χ3v) is 11.1. The number of ether oxygens (including phenoxy) is 2. The summed E-state index contributed by atoms with van der Waals surface area (Å²) in [7, 11) is 1.47. The molecule has 0 bridgehead atoms. The van der Waals surface area contributed by atoms with Crippen LogP contribution in [-0.2, 0) is 32.7 Å². The van der Waals surface area contributed by atoms with Crippen LogP contribution in [0, 0.1) is 0 Å². The van der Waals surface area contributed by atoms with Crippen molar-refractivity contribution in [1.29, 1.82) is 0 Å². The van der Waals surface area contributed by atoms with E-state index >= 15 is 0 Å². The third kappa shape index (κ3) is 43.8. The SMILES string of the molecule is CCCCC/C=C/C/C=C/CCCCCCCCCCCC(=O)O[C@H](COC(=O)CCCCCCCCC/C=C/CCCCCC)COP(=O)(O)OCC[N+](C)(C)C. The standard InChI is InChI=1S/C48H90NO8P/c1-6-8-10-12-14-16-18-20-22-23-24-25-27-29-31-33-35-37-39-41-48(51)57-46(45-56-58(52,53)55-43-42-49(3,4)5)44-54-47(50)40-38-36-34-32-30-28-26-21-19-17-15-13-11-9-7-2/h14,16-17,19-20,22,46H,6-13,15,18,21,23-45H2,1-5H3/p+1/b16-14+,19-17+,22-20+/t46-/m1/s1. The number of rotatable bonds is 43. The Morgan fingerprint density at radius 3 is 1.41 bits per heavy atom. The van der Waals surface area contributed by atoms with Crippen molar-refractivity contribution in [2.45, 2.75) is 213 Å². The average Bonchev–Trinajstić information content (AvgIpc) is 3.17. The second-order valence-electron chi connectivity index (χ2n) is 17.1. The van der Waals surface area contributed by atoms with Crippen molar-refractivity contribution in [2.24, 2.45) is 0 Å². The fraction of sp³-hybridized carbons (Fsp3) is 0.833. The molecule has 0 aromatic carbocycles. The summed E-state index contributed by atoms with van der Waals surface area (Å²) in [5, 5.41) is 0. The second-order valence-corrected chi connectivity index (χ2v) is 18.6. The maximum Gasteiger partial charge on any atom is 0.472 e. The Labute approximate surface area is 357 Å². The van der Waals surface area contributed by atoms with E-state index in [0.29, 0.717) is 17.4 Å². The van der Waals surface area contributed by atoms with E-state index in [4.69, 9.17) is 18.5 Å². The van der Waals surface area contributed by atoms with E-state index < -0.39 is 26.5 Å². The van der Waals surface area contributed by atoms with Crippen LogP contribution in [0.3, 0.4) is 0 Å². The summed E-state index contributed by atoms with van der Waals surface area (Å²) in [4.78, 5) is 35.4. The first kappa shape index (κ1) is 56.2. The van der Waals surface area contributed by atoms with Crippen LogP contribution in [0.25, 0.3) is 0 Å². The van der Waals surface area contributed by atoms with Gasteiger partial charge >= 0.3 is 19.8 Å². The minimum Gasteiger partial charge on any atom is -0.462 e. The number of carbonyl (C=O) groups is 2. The van der Waals surface area contributed by atoms with Gasteiger partial charge in [0.15, 0.2) is 6.10 Å². The number of quaternary nitrogens is 1. The van der Waals surface area contributed by atoms with E-state index in [1.165, 1.54) is 116 Å². The first-order chi connectivity index (χ1) is 28.0. The maximum absolute atomic E-state index is 12.7. The molecule has 0 aliphatic rings. The van der Waals surface area contributed by atoms with Gasteiger partial charge in [-0.15, -0.1) is 0 Å². The molecule has 0 saturated heterocycles. The van der Waals surface area contributed by atoms with Crippen molar-refractivity contribution in [2.75, 3.05) is 47.5 Å². The summed E-state index contributed by atoms with van der Waals surface area (Å²) in [6, 6.07) is 0. The first-order valence-corrected chi connectivity index (χ1v) is 25.2. The number of likely N-dealkylation sites (N-methyl/N-ethyl adjacent to an activating group) is 1. The molecule has 0 aliphatic heterocycles. The van der Waals surface area contributed by atoms with Gasteiger partial charge < -0.3 is 18.9 Å². The summed E-state index contributed by atoms with van der Waals surface area (Å²) in [6.45, 7) is 4.39. The van der Waals surface area contributed by atoms with Gasteiger partial charge in [0.25, 0.3) is 0 Å². The van der Waals surface area contributed by atoms with E-state index in [1.54, 1.807) is 0 Å². The van der Waals surface area contributed by atoms with Crippen LogP contribution in [0.2, 0.25) is 0 Å². The van der Waals surface area contributed by atoms with E-state index in [0.717, 1.165) is 57.8 Å². The Kier molecular flexibility index (Phi) is 39.4. The molecule has 0 amide bonds. The Balaban J connectivity index is 4.31. The van der Waals surface area contributed by atoms with Crippen LogP contribution in [0.1, 0.15) is 206 Å². The fourth-order valence-corrected chi connectivity index (χ4v) is 7.13. The lowest BCUT2D eigenvalue weighted by atomic mass is 10.1. The average molecular weight is 841 g/mol. The monoisotopic (exact) mass is 841 g/mol. The molecule has 10 heteroatoms. The molecule has 1 N–H and O–H groups in total. The molecule has 58 heavy (non-hydrogen) atoms. The van der Waals surface area contributed by atoms with Crippen molar-refractivity contribution in [3.05, 3.63) is 36.5 Å². The van der Waals surface area contributed by atoms with Crippen LogP contribution < -0.4 is 0 Å². The summed E-state index contributed by atoms with van der Waals surface area (Å²) in [5.74, 6) is -0.805. The predicted octanol–water partition coefficient (Wildman–Crippen LogP) is 13.7. The molecule has 0 heterocycles. The van der Waals surface area contributed by atoms with Crippen LogP contribution in [0.4, 0.5) is 0 Å². The van der Waals surface area contributed by atoms with E-state index in [-0.39, 0.29) is 32.0 Å². The lowest BCUT2D eigenvalue weighted by molar-refractivity contribution is -0.870. The predicted molar refractivity (Wildman–Crippen MR) is 243 cm³/mol. The van der Waals surface area contributed by atoms with Gasteiger partial charge in [0.05, 0.1) is 27.7 Å². The van der Waals surface area contributed by atoms with Crippen LogP contribution in [0.15, 0.2) is 36.5 Å². The third-order valence-electron chi connectivity index (χ3n) is 10.1. The Hall–Kier alpha value is -1.77. The highest BCUT2D eigenvalue weighted by molar-refractivity contribution is 7.47. The molecule has 0 saturated carbocycles. The van der Waals surface area contributed by atoms with Gasteiger partial charge in [0.2, 0.25) is 0 Å². The highest BCUT2D eigenvalue weighted by Gasteiger charge is 2.27. The minimum atomic E-state index is -4.38. The molecule has 0 fully saturated rings. The molecule has 1 unspecified atom stereocenters. The van der Waals surface area contributed by atoms with Crippen LogP contribution in [0.5, 0.6) is 0 Å². The van der Waals surface area contributed by atoms with Gasteiger partial charge in [-0.2, -0.15) is 0 Å². The van der Waals surface area contributed by atoms with Gasteiger partial charge in [-0.1, -0.05) is 159 Å². The summed E-state index contributed by atoms with van der Waals surface area (Å²) in [5.41, 5.74) is 0. The van der Waals surface area contributed by atoms with Gasteiger partial charge in [-0.05, 0) is 70.6 Å². The zero-order chi connectivity index (χ0) is 42.8. The smallest absolute Gasteiger partial charge is 0.462 e. The number of phosphoric ester groups is 1. The summed E-state index contributed by atoms with van der Waals surface area (Å²) >= 11 is 0. The largest absolute Gasteiger partial charge is 0.472 e. The summed E-state index contributed by atoms with van der Waals surface area (Å²) in [6.07, 6.45) is 46.1. The van der Waals surface area contributed by atoms with Crippen molar-refractivity contribution in [3.63, 3.8) is 0 Å². The molecular weight excluding hydrogens is 750 g/mol. The lowest BCUT2D eigenvalue weighted by Crippen LogP contribution is -2.37. The topological polar surface area (TPSA) is 108 Å².